The molecule has 2 aliphatic rings. The molecule has 3 nitrogen and oxygen atoms in total. The third kappa shape index (κ3) is 2.82. The maximum absolute atomic E-state index is 12.6. The van der Waals surface area contributed by atoms with Crippen molar-refractivity contribution in [3.8, 4) is 0 Å². The van der Waals surface area contributed by atoms with Gasteiger partial charge in [-0.25, -0.2) is 0 Å². The summed E-state index contributed by atoms with van der Waals surface area (Å²) < 4.78 is 0. The summed E-state index contributed by atoms with van der Waals surface area (Å²) in [5.41, 5.74) is 0. The van der Waals surface area contributed by atoms with E-state index in [2.05, 4.69) is 24.1 Å². The molecule has 3 atom stereocenters. The van der Waals surface area contributed by atoms with E-state index in [-0.39, 0.29) is 5.92 Å². The summed E-state index contributed by atoms with van der Waals surface area (Å²) in [7, 11) is 0. The van der Waals surface area contributed by atoms with E-state index < -0.39 is 0 Å². The van der Waals surface area contributed by atoms with Gasteiger partial charge in [-0.15, -0.1) is 0 Å². The second-order valence-corrected chi connectivity index (χ2v) is 5.71. The van der Waals surface area contributed by atoms with Gasteiger partial charge in [0.1, 0.15) is 0 Å². The van der Waals surface area contributed by atoms with Gasteiger partial charge in [-0.1, -0.05) is 20.3 Å². The topological polar surface area (TPSA) is 32.3 Å². The minimum atomic E-state index is 0.229. The molecule has 0 radical (unpaired) electrons. The number of carbonyl (C=O) groups excluding carboxylic acids is 1. The number of piperidine rings is 1. The summed E-state index contributed by atoms with van der Waals surface area (Å²) in [5, 5.41) is 3.34. The van der Waals surface area contributed by atoms with Crippen molar-refractivity contribution < 1.29 is 4.79 Å². The lowest BCUT2D eigenvalue weighted by Crippen LogP contribution is -2.47. The van der Waals surface area contributed by atoms with Crippen LogP contribution in [0.1, 0.15) is 46.0 Å². The summed E-state index contributed by atoms with van der Waals surface area (Å²) in [5.74, 6) is 1.15. The highest BCUT2D eigenvalue weighted by Crippen LogP contribution is 2.26. The molecule has 1 amide bonds. The number of hydrogen-bond acceptors (Lipinski definition) is 2. The Hall–Kier alpha value is -0.570. The molecule has 0 spiro atoms. The maximum Gasteiger partial charge on any atom is 0.227 e. The van der Waals surface area contributed by atoms with Gasteiger partial charge >= 0.3 is 0 Å². The van der Waals surface area contributed by atoms with E-state index in [0.29, 0.717) is 17.9 Å². The molecule has 17 heavy (non-hydrogen) atoms. The Labute approximate surface area is 105 Å². The SMILES string of the molecule is CCCC1CCCCN1C(=O)[C@@H]1CNC[C@H]1C. The van der Waals surface area contributed by atoms with Gasteiger partial charge in [0.2, 0.25) is 5.91 Å². The van der Waals surface area contributed by atoms with Crippen molar-refractivity contribution in [2.45, 2.75) is 52.0 Å². The van der Waals surface area contributed by atoms with E-state index in [9.17, 15) is 4.79 Å². The molecule has 98 valence electrons. The predicted octanol–water partition coefficient (Wildman–Crippen LogP) is 2.02. The Morgan fingerprint density at radius 3 is 2.82 bits per heavy atom. The summed E-state index contributed by atoms with van der Waals surface area (Å²) in [4.78, 5) is 14.8. The van der Waals surface area contributed by atoms with Crippen LogP contribution >= 0.6 is 0 Å². The number of rotatable bonds is 3. The molecular weight excluding hydrogens is 212 g/mol. The zero-order chi connectivity index (χ0) is 12.3. The lowest BCUT2D eigenvalue weighted by molar-refractivity contribution is -0.139. The van der Waals surface area contributed by atoms with Crippen LogP contribution in [0, 0.1) is 11.8 Å². The highest BCUT2D eigenvalue weighted by Gasteiger charge is 2.35. The molecule has 0 saturated carbocycles. The fourth-order valence-corrected chi connectivity index (χ4v) is 3.28. The molecule has 0 aromatic heterocycles. The van der Waals surface area contributed by atoms with E-state index in [4.69, 9.17) is 0 Å². The average Bonchev–Trinajstić information content (AvgIpc) is 2.76. The molecule has 2 fully saturated rings. The van der Waals surface area contributed by atoms with Gasteiger partial charge in [-0.05, 0) is 38.1 Å². The van der Waals surface area contributed by atoms with Crippen LogP contribution in [0.2, 0.25) is 0 Å². The van der Waals surface area contributed by atoms with E-state index in [1.54, 1.807) is 0 Å². The average molecular weight is 238 g/mol. The van der Waals surface area contributed by atoms with Crippen molar-refractivity contribution in [2.24, 2.45) is 11.8 Å². The van der Waals surface area contributed by atoms with Crippen LogP contribution in [0.5, 0.6) is 0 Å². The molecule has 0 aromatic rings. The number of amides is 1. The molecule has 1 unspecified atom stereocenters. The molecular formula is C14H26N2O. The van der Waals surface area contributed by atoms with E-state index >= 15 is 0 Å². The number of nitrogens with one attached hydrogen (secondary N) is 1. The maximum atomic E-state index is 12.6. The molecule has 2 rings (SSSR count). The van der Waals surface area contributed by atoms with Gasteiger partial charge in [0.25, 0.3) is 0 Å². The summed E-state index contributed by atoms with van der Waals surface area (Å²) in [6.07, 6.45) is 6.08. The minimum Gasteiger partial charge on any atom is -0.339 e. The largest absolute Gasteiger partial charge is 0.339 e. The smallest absolute Gasteiger partial charge is 0.227 e. The normalized spacial score (nSPS) is 34.0. The fourth-order valence-electron chi connectivity index (χ4n) is 3.28. The number of likely N-dealkylation sites (tertiary alicyclic amines) is 1. The van der Waals surface area contributed by atoms with Gasteiger partial charge < -0.3 is 10.2 Å². The van der Waals surface area contributed by atoms with Gasteiger partial charge in [0.15, 0.2) is 0 Å². The third-order valence-corrected chi connectivity index (χ3v) is 4.37. The zero-order valence-electron chi connectivity index (χ0n) is 11.2. The van der Waals surface area contributed by atoms with Crippen molar-refractivity contribution in [1.82, 2.24) is 10.2 Å². The Kier molecular flexibility index (Phi) is 4.43. The quantitative estimate of drug-likeness (QED) is 0.816. The first-order valence-corrected chi connectivity index (χ1v) is 7.25. The molecule has 2 aliphatic heterocycles. The van der Waals surface area contributed by atoms with Gasteiger partial charge in [-0.2, -0.15) is 0 Å². The molecule has 0 aromatic carbocycles. The highest BCUT2D eigenvalue weighted by atomic mass is 16.2. The second-order valence-electron chi connectivity index (χ2n) is 5.71. The third-order valence-electron chi connectivity index (χ3n) is 4.37. The summed E-state index contributed by atoms with van der Waals surface area (Å²) >= 11 is 0. The first-order chi connectivity index (χ1) is 8.24. The van der Waals surface area contributed by atoms with E-state index in [1.165, 1.54) is 32.1 Å². The van der Waals surface area contributed by atoms with E-state index in [1.807, 2.05) is 0 Å². The molecule has 2 heterocycles. The Bertz CT molecular complexity index is 265. The van der Waals surface area contributed by atoms with Crippen LogP contribution in [0.15, 0.2) is 0 Å². The van der Waals surface area contributed by atoms with Crippen molar-refractivity contribution in [3.63, 3.8) is 0 Å². The molecule has 0 bridgehead atoms. The van der Waals surface area contributed by atoms with E-state index in [0.717, 1.165) is 19.6 Å². The van der Waals surface area contributed by atoms with Crippen molar-refractivity contribution in [1.29, 1.82) is 0 Å². The monoisotopic (exact) mass is 238 g/mol. The van der Waals surface area contributed by atoms with Crippen LogP contribution < -0.4 is 5.32 Å². The highest BCUT2D eigenvalue weighted by molar-refractivity contribution is 5.80. The van der Waals surface area contributed by atoms with Gasteiger partial charge in [0.05, 0.1) is 5.92 Å². The molecule has 2 saturated heterocycles. The van der Waals surface area contributed by atoms with Crippen LogP contribution in [-0.2, 0) is 4.79 Å². The predicted molar refractivity (Wildman–Crippen MR) is 69.8 cm³/mol. The van der Waals surface area contributed by atoms with Crippen molar-refractivity contribution >= 4 is 5.91 Å². The first-order valence-electron chi connectivity index (χ1n) is 7.25. The Morgan fingerprint density at radius 2 is 2.18 bits per heavy atom. The van der Waals surface area contributed by atoms with Crippen LogP contribution in [0.25, 0.3) is 0 Å². The standard InChI is InChI=1S/C14H26N2O/c1-3-6-12-7-4-5-8-16(12)14(17)13-10-15-9-11(13)2/h11-13,15H,3-10H2,1-2H3/t11-,12?,13-/m1/s1. The number of hydrogen-bond donors (Lipinski definition) is 1. The summed E-state index contributed by atoms with van der Waals surface area (Å²) in [6, 6.07) is 0.522. The molecule has 1 N–H and O–H groups in total. The van der Waals surface area contributed by atoms with Crippen LogP contribution in [0.3, 0.4) is 0 Å². The van der Waals surface area contributed by atoms with Gasteiger partial charge in [-0.3, -0.25) is 4.79 Å². The van der Waals surface area contributed by atoms with Crippen molar-refractivity contribution in [3.05, 3.63) is 0 Å². The zero-order valence-corrected chi connectivity index (χ0v) is 11.2. The molecule has 3 heteroatoms. The fraction of sp³-hybridized carbons (Fsp3) is 0.929. The Balaban J connectivity index is 2.00. The van der Waals surface area contributed by atoms with Gasteiger partial charge in [0, 0.05) is 19.1 Å². The number of nitrogens with zero attached hydrogens (tertiary/aromatic N) is 1. The van der Waals surface area contributed by atoms with Crippen LogP contribution in [0.4, 0.5) is 0 Å². The lowest BCUT2D eigenvalue weighted by atomic mass is 9.92. The first kappa shape index (κ1) is 12.9. The number of carbonyl (C=O) groups is 1. The van der Waals surface area contributed by atoms with Crippen molar-refractivity contribution in [2.75, 3.05) is 19.6 Å². The molecule has 0 aliphatic carbocycles. The minimum absolute atomic E-state index is 0.229. The summed E-state index contributed by atoms with van der Waals surface area (Å²) in [6.45, 7) is 7.29. The second kappa shape index (κ2) is 5.85. The lowest BCUT2D eigenvalue weighted by Gasteiger charge is -2.38. The Morgan fingerprint density at radius 1 is 1.35 bits per heavy atom. The van der Waals surface area contributed by atoms with Crippen LogP contribution in [-0.4, -0.2) is 36.5 Å².